The molecular formula is C32H32N2O7S. The number of nitrogens with one attached hydrogen (secondary N) is 1. The predicted molar refractivity (Wildman–Crippen MR) is 157 cm³/mol. The van der Waals surface area contributed by atoms with Gasteiger partial charge in [-0.25, -0.2) is 13.2 Å². The van der Waals surface area contributed by atoms with Crippen molar-refractivity contribution in [2.75, 3.05) is 19.1 Å². The summed E-state index contributed by atoms with van der Waals surface area (Å²) < 4.78 is 35.3. The maximum Gasteiger partial charge on any atom is 0.337 e. The fourth-order valence-electron chi connectivity index (χ4n) is 5.73. The van der Waals surface area contributed by atoms with Gasteiger partial charge in [-0.3, -0.25) is 4.79 Å². The third kappa shape index (κ3) is 5.62. The number of aromatic hydroxyl groups is 1. The molecule has 1 aliphatic heterocycles. The maximum atomic E-state index is 13.9. The number of ether oxygens (including phenoxy) is 2. The number of esters is 1. The molecule has 3 aromatic carbocycles. The van der Waals surface area contributed by atoms with Gasteiger partial charge in [0.2, 0.25) is 0 Å². The molecule has 1 aliphatic carbocycles. The predicted octanol–water partition coefficient (Wildman–Crippen LogP) is 4.49. The van der Waals surface area contributed by atoms with E-state index in [0.717, 1.165) is 11.8 Å². The van der Waals surface area contributed by atoms with E-state index in [0.29, 0.717) is 40.3 Å². The summed E-state index contributed by atoms with van der Waals surface area (Å²) in [5, 5.41) is 13.6. The van der Waals surface area contributed by atoms with Crippen LogP contribution in [0.1, 0.15) is 48.3 Å². The molecule has 4 N–H and O–H groups in total. The summed E-state index contributed by atoms with van der Waals surface area (Å²) in [5.41, 5.74) is 10.1. The van der Waals surface area contributed by atoms with Crippen molar-refractivity contribution in [3.05, 3.63) is 106 Å². The molecule has 0 unspecified atom stereocenters. The number of allylic oxidation sites excluding steroid dienone is 3. The van der Waals surface area contributed by atoms with Crippen LogP contribution in [0.4, 0.5) is 5.69 Å². The first-order chi connectivity index (χ1) is 20.0. The number of anilines is 1. The number of para-hydroxylation sites is 1. The third-order valence-electron chi connectivity index (χ3n) is 7.73. The minimum absolute atomic E-state index is 0.000858. The zero-order valence-corrected chi connectivity index (χ0v) is 24.3. The molecular weight excluding hydrogens is 556 g/mol. The normalized spacial score (nSPS) is 18.8. The molecule has 2 aliphatic rings. The zero-order valence-electron chi connectivity index (χ0n) is 23.5. The SMILES string of the molecule is COc1ccccc1[C@H]1CC(=O)C2=C(C1)NC(C)=C(C(=O)OCc1cc(S(C)(=O)=O)ccc1N)[C@H]2c1cccc(O)c1. The Morgan fingerprint density at radius 1 is 1.07 bits per heavy atom. The molecule has 0 saturated heterocycles. The Kier molecular flexibility index (Phi) is 7.83. The number of phenols is 1. The topological polar surface area (TPSA) is 145 Å². The van der Waals surface area contributed by atoms with Gasteiger partial charge in [0, 0.05) is 52.7 Å². The van der Waals surface area contributed by atoms with E-state index in [1.165, 1.54) is 30.3 Å². The molecule has 0 fully saturated rings. The Morgan fingerprint density at radius 3 is 2.55 bits per heavy atom. The summed E-state index contributed by atoms with van der Waals surface area (Å²) in [6, 6.07) is 18.3. The van der Waals surface area contributed by atoms with Crippen molar-refractivity contribution in [1.29, 1.82) is 0 Å². The van der Waals surface area contributed by atoms with E-state index in [1.807, 2.05) is 24.3 Å². The molecule has 0 radical (unpaired) electrons. The van der Waals surface area contributed by atoms with Crippen LogP contribution in [0.3, 0.4) is 0 Å². The fraction of sp³-hybridized carbons (Fsp3) is 0.250. The van der Waals surface area contributed by atoms with Crippen LogP contribution in [0.5, 0.6) is 11.5 Å². The highest BCUT2D eigenvalue weighted by molar-refractivity contribution is 7.90. The highest BCUT2D eigenvalue weighted by atomic mass is 32.2. The largest absolute Gasteiger partial charge is 0.508 e. The molecule has 10 heteroatoms. The van der Waals surface area contributed by atoms with Gasteiger partial charge < -0.3 is 25.6 Å². The van der Waals surface area contributed by atoms with Crippen LogP contribution in [0.15, 0.2) is 94.2 Å². The van der Waals surface area contributed by atoms with E-state index in [4.69, 9.17) is 15.2 Å². The number of hydrogen-bond acceptors (Lipinski definition) is 9. The van der Waals surface area contributed by atoms with Gasteiger partial charge in [0.25, 0.3) is 0 Å². The van der Waals surface area contributed by atoms with Gasteiger partial charge in [-0.15, -0.1) is 0 Å². The van der Waals surface area contributed by atoms with Crippen LogP contribution in [0.25, 0.3) is 0 Å². The highest BCUT2D eigenvalue weighted by Crippen LogP contribution is 2.47. The molecule has 2 atom stereocenters. The van der Waals surface area contributed by atoms with Crippen molar-refractivity contribution in [3.8, 4) is 11.5 Å². The number of carbonyl (C=O) groups excluding carboxylic acids is 2. The minimum atomic E-state index is -3.50. The number of Topliss-reactive ketones (excluding diaryl/α,β-unsaturated/α-hetero) is 1. The lowest BCUT2D eigenvalue weighted by atomic mass is 9.71. The molecule has 1 heterocycles. The van der Waals surface area contributed by atoms with Crippen LogP contribution in [0.2, 0.25) is 0 Å². The molecule has 0 bridgehead atoms. The number of nitrogens with two attached hydrogens (primary N) is 1. The van der Waals surface area contributed by atoms with E-state index < -0.39 is 21.7 Å². The van der Waals surface area contributed by atoms with E-state index >= 15 is 0 Å². The van der Waals surface area contributed by atoms with Gasteiger partial charge in [0.1, 0.15) is 18.1 Å². The van der Waals surface area contributed by atoms with E-state index in [9.17, 15) is 23.1 Å². The van der Waals surface area contributed by atoms with Crippen LogP contribution < -0.4 is 15.8 Å². The molecule has 0 aromatic heterocycles. The molecule has 0 amide bonds. The van der Waals surface area contributed by atoms with Crippen molar-refractivity contribution < 1.29 is 32.6 Å². The molecule has 5 rings (SSSR count). The lowest BCUT2D eigenvalue weighted by Gasteiger charge is -2.37. The Labute approximate surface area is 244 Å². The summed E-state index contributed by atoms with van der Waals surface area (Å²) in [7, 11) is -1.90. The average molecular weight is 589 g/mol. The Balaban J connectivity index is 1.51. The molecule has 0 saturated carbocycles. The third-order valence-corrected chi connectivity index (χ3v) is 8.84. The van der Waals surface area contributed by atoms with Crippen molar-refractivity contribution in [1.82, 2.24) is 5.32 Å². The van der Waals surface area contributed by atoms with Gasteiger partial charge in [-0.2, -0.15) is 0 Å². The van der Waals surface area contributed by atoms with Crippen molar-refractivity contribution >= 4 is 27.3 Å². The van der Waals surface area contributed by atoms with Gasteiger partial charge in [-0.1, -0.05) is 30.3 Å². The Hall–Kier alpha value is -4.57. The number of benzene rings is 3. The summed E-state index contributed by atoms with van der Waals surface area (Å²) >= 11 is 0. The molecule has 9 nitrogen and oxygen atoms in total. The van der Waals surface area contributed by atoms with Crippen molar-refractivity contribution in [2.45, 2.75) is 43.1 Å². The van der Waals surface area contributed by atoms with E-state index in [2.05, 4.69) is 5.32 Å². The molecule has 42 heavy (non-hydrogen) atoms. The summed E-state index contributed by atoms with van der Waals surface area (Å²) in [6.07, 6.45) is 1.82. The quantitative estimate of drug-likeness (QED) is 0.268. The number of phenolic OH excluding ortho intramolecular Hbond substituents is 1. The Bertz CT molecular complexity index is 1760. The van der Waals surface area contributed by atoms with Gasteiger partial charge in [0.05, 0.1) is 17.6 Å². The maximum absolute atomic E-state index is 13.9. The van der Waals surface area contributed by atoms with Gasteiger partial charge >= 0.3 is 5.97 Å². The Morgan fingerprint density at radius 2 is 1.83 bits per heavy atom. The molecule has 218 valence electrons. The van der Waals surface area contributed by atoms with Crippen LogP contribution in [-0.2, 0) is 30.8 Å². The first-order valence-electron chi connectivity index (χ1n) is 13.4. The monoisotopic (exact) mass is 588 g/mol. The first kappa shape index (κ1) is 28.9. The highest BCUT2D eigenvalue weighted by Gasteiger charge is 2.42. The van der Waals surface area contributed by atoms with Gasteiger partial charge in [0.15, 0.2) is 15.6 Å². The van der Waals surface area contributed by atoms with Crippen LogP contribution >= 0.6 is 0 Å². The number of methoxy groups -OCH3 is 1. The molecule has 3 aromatic rings. The number of dihydropyridines is 1. The number of sulfone groups is 1. The van der Waals surface area contributed by atoms with Crippen molar-refractivity contribution in [3.63, 3.8) is 0 Å². The average Bonchev–Trinajstić information content (AvgIpc) is 2.95. The molecule has 0 spiro atoms. The summed E-state index contributed by atoms with van der Waals surface area (Å²) in [5.74, 6) is -1.03. The van der Waals surface area contributed by atoms with Crippen LogP contribution in [0, 0.1) is 0 Å². The minimum Gasteiger partial charge on any atom is -0.508 e. The second-order valence-corrected chi connectivity index (χ2v) is 12.6. The van der Waals surface area contributed by atoms with E-state index in [-0.39, 0.29) is 46.6 Å². The smallest absolute Gasteiger partial charge is 0.337 e. The van der Waals surface area contributed by atoms with E-state index in [1.54, 1.807) is 26.2 Å². The number of carbonyl (C=O) groups is 2. The number of nitrogen functional groups attached to an aromatic ring is 1. The summed E-state index contributed by atoms with van der Waals surface area (Å²) in [4.78, 5) is 27.6. The van der Waals surface area contributed by atoms with Crippen molar-refractivity contribution in [2.24, 2.45) is 0 Å². The fourth-order valence-corrected chi connectivity index (χ4v) is 6.40. The summed E-state index contributed by atoms with van der Waals surface area (Å²) in [6.45, 7) is 1.47. The first-order valence-corrected chi connectivity index (χ1v) is 15.3. The zero-order chi connectivity index (χ0) is 30.2. The second kappa shape index (κ2) is 11.4. The number of ketones is 1. The number of hydrogen-bond donors (Lipinski definition) is 3. The lowest BCUT2D eigenvalue weighted by molar-refractivity contribution is -0.140. The number of rotatable bonds is 7. The van der Waals surface area contributed by atoms with Gasteiger partial charge in [-0.05, 0) is 60.9 Å². The second-order valence-electron chi connectivity index (χ2n) is 10.6. The standard InChI is InChI=1S/C32H32N2O7S/c1-18-29(32(37)41-17-21-14-23(42(3,38)39)11-12-25(21)33)30(19-7-6-8-22(35)13-19)31-26(34-18)15-20(16-27(31)36)24-9-4-5-10-28(24)40-2/h4-14,20,30,34-35H,15-17,33H2,1-3H3/t20-,30-/m1/s1. The lowest BCUT2D eigenvalue weighted by Crippen LogP contribution is -2.36. The van der Waals surface area contributed by atoms with Crippen LogP contribution in [-0.4, -0.2) is 38.6 Å².